The van der Waals surface area contributed by atoms with Crippen LogP contribution >= 0.6 is 50.9 Å². The van der Waals surface area contributed by atoms with E-state index in [4.69, 9.17) is 32.1 Å². The molecule has 0 spiro atoms. The van der Waals surface area contributed by atoms with Crippen LogP contribution in [0.5, 0.6) is 11.5 Å². The van der Waals surface area contributed by atoms with Crippen molar-refractivity contribution in [3.05, 3.63) is 91.2 Å². The Morgan fingerprint density at radius 1 is 1.03 bits per heavy atom. The molecule has 186 valence electrons. The maximum Gasteiger partial charge on any atom is 0.339 e. The molecule has 1 heterocycles. The molecule has 0 aromatic heterocycles. The summed E-state index contributed by atoms with van der Waals surface area (Å²) < 4.78 is 35.9. The van der Waals surface area contributed by atoms with Gasteiger partial charge in [-0.2, -0.15) is 8.42 Å². The predicted octanol–water partition coefficient (Wildman–Crippen LogP) is 6.77. The second kappa shape index (κ2) is 10.9. The Morgan fingerprint density at radius 3 is 2.39 bits per heavy atom. The van der Waals surface area contributed by atoms with Crippen molar-refractivity contribution in [1.29, 1.82) is 0 Å². The molecule has 7 nitrogen and oxygen atoms in total. The van der Waals surface area contributed by atoms with Crippen LogP contribution < -0.4 is 8.92 Å². The molecule has 1 aliphatic rings. The molecule has 3 aromatic carbocycles. The lowest BCUT2D eigenvalue weighted by Crippen LogP contribution is -2.27. The number of imide groups is 1. The number of thioether (sulfide) groups is 1. The molecule has 2 amide bonds. The first-order valence-electron chi connectivity index (χ1n) is 10.1. The molecule has 0 saturated carbocycles. The number of carbonyl (C=O) groups is 2. The van der Waals surface area contributed by atoms with Gasteiger partial charge in [-0.05, 0) is 93.4 Å². The Bertz CT molecular complexity index is 1490. The van der Waals surface area contributed by atoms with Crippen molar-refractivity contribution in [3.63, 3.8) is 0 Å². The topological polar surface area (TPSA) is 90.0 Å². The van der Waals surface area contributed by atoms with E-state index in [0.29, 0.717) is 31.4 Å². The lowest BCUT2D eigenvalue weighted by molar-refractivity contribution is -0.123. The highest BCUT2D eigenvalue weighted by molar-refractivity contribution is 9.10. The predicted molar refractivity (Wildman–Crippen MR) is 143 cm³/mol. The number of amides is 2. The van der Waals surface area contributed by atoms with Crippen molar-refractivity contribution < 1.29 is 26.9 Å². The maximum absolute atomic E-state index is 12.9. The number of rotatable bonds is 7. The van der Waals surface area contributed by atoms with Gasteiger partial charge in [-0.25, -0.2) is 0 Å². The molecule has 12 heteroatoms. The van der Waals surface area contributed by atoms with E-state index in [1.54, 1.807) is 36.4 Å². The maximum atomic E-state index is 12.9. The fourth-order valence-electron chi connectivity index (χ4n) is 3.19. The van der Waals surface area contributed by atoms with Crippen molar-refractivity contribution in [2.75, 3.05) is 7.11 Å². The first-order chi connectivity index (χ1) is 17.1. The number of nitrogens with zero attached hydrogens (tertiary/aromatic N) is 1. The zero-order chi connectivity index (χ0) is 26.0. The fraction of sp³-hybridized carbons (Fsp3) is 0.0833. The number of benzene rings is 3. The molecular formula is C24H16BrCl2NO6S2. The van der Waals surface area contributed by atoms with Crippen LogP contribution in [0.25, 0.3) is 6.08 Å². The van der Waals surface area contributed by atoms with E-state index in [9.17, 15) is 18.0 Å². The average molecular weight is 629 g/mol. The van der Waals surface area contributed by atoms with E-state index in [-0.39, 0.29) is 22.1 Å². The Labute approximate surface area is 230 Å². The molecule has 0 aliphatic carbocycles. The zero-order valence-electron chi connectivity index (χ0n) is 18.4. The van der Waals surface area contributed by atoms with Gasteiger partial charge >= 0.3 is 10.1 Å². The van der Waals surface area contributed by atoms with Crippen LogP contribution in [0.15, 0.2) is 74.9 Å². The summed E-state index contributed by atoms with van der Waals surface area (Å²) in [5, 5.41) is 0.379. The van der Waals surface area contributed by atoms with E-state index in [2.05, 4.69) is 15.9 Å². The van der Waals surface area contributed by atoms with Crippen LogP contribution in [0, 0.1) is 0 Å². The van der Waals surface area contributed by atoms with Gasteiger partial charge in [0.25, 0.3) is 11.1 Å². The molecule has 0 N–H and O–H groups in total. The molecule has 0 radical (unpaired) electrons. The molecule has 3 aromatic rings. The summed E-state index contributed by atoms with van der Waals surface area (Å²) in [7, 11) is -2.60. The minimum absolute atomic E-state index is 0.0116. The van der Waals surface area contributed by atoms with E-state index < -0.39 is 21.3 Å². The van der Waals surface area contributed by atoms with Gasteiger partial charge in [0.1, 0.15) is 10.6 Å². The van der Waals surface area contributed by atoms with Gasteiger partial charge in [0.15, 0.2) is 5.75 Å². The van der Waals surface area contributed by atoms with Gasteiger partial charge in [0.05, 0.1) is 23.0 Å². The monoisotopic (exact) mass is 627 g/mol. The highest BCUT2D eigenvalue weighted by Crippen LogP contribution is 2.36. The van der Waals surface area contributed by atoms with E-state index >= 15 is 0 Å². The highest BCUT2D eigenvalue weighted by Gasteiger charge is 2.35. The summed E-state index contributed by atoms with van der Waals surface area (Å²) in [6.07, 6.45) is 1.54. The summed E-state index contributed by atoms with van der Waals surface area (Å²) in [6.45, 7) is 0.0116. The third kappa shape index (κ3) is 5.90. The minimum atomic E-state index is -4.08. The Hall–Kier alpha value is -2.50. The normalized spacial score (nSPS) is 15.0. The second-order valence-corrected chi connectivity index (χ2v) is 11.6. The molecule has 0 bridgehead atoms. The van der Waals surface area contributed by atoms with E-state index in [1.165, 1.54) is 37.4 Å². The molecular weight excluding hydrogens is 613 g/mol. The SMILES string of the molecule is COc1ccc(S(=O)(=O)Oc2ccc(/C=C3\SC(=O)N(Cc4ccc(Cl)cc4Cl)C3=O)cc2Br)cc1. The zero-order valence-corrected chi connectivity index (χ0v) is 23.1. The number of hydrogen-bond donors (Lipinski definition) is 0. The molecule has 0 atom stereocenters. The standard InChI is InChI=1S/C24H16BrCl2NO6S2/c1-33-17-5-7-18(8-6-17)36(31,32)34-21-9-2-14(10-19(21)25)11-22-23(29)28(24(30)35-22)13-15-3-4-16(26)12-20(15)27/h2-12H,13H2,1H3/b22-11-. The van der Waals surface area contributed by atoms with Crippen LogP contribution in [0.2, 0.25) is 10.0 Å². The van der Waals surface area contributed by atoms with Crippen molar-refractivity contribution in [3.8, 4) is 11.5 Å². The Balaban J connectivity index is 1.51. The van der Waals surface area contributed by atoms with Crippen molar-refractivity contribution in [2.45, 2.75) is 11.4 Å². The lowest BCUT2D eigenvalue weighted by Gasteiger charge is -2.13. The van der Waals surface area contributed by atoms with E-state index in [0.717, 1.165) is 16.7 Å². The van der Waals surface area contributed by atoms with Crippen LogP contribution in [-0.4, -0.2) is 31.6 Å². The third-order valence-corrected chi connectivity index (χ3v) is 8.38. The number of ether oxygens (including phenoxy) is 1. The average Bonchev–Trinajstić information content (AvgIpc) is 3.09. The molecule has 36 heavy (non-hydrogen) atoms. The quantitative estimate of drug-likeness (QED) is 0.211. The third-order valence-electron chi connectivity index (χ3n) is 5.02. The van der Waals surface area contributed by atoms with Gasteiger partial charge < -0.3 is 8.92 Å². The van der Waals surface area contributed by atoms with E-state index in [1.807, 2.05) is 0 Å². The summed E-state index contributed by atoms with van der Waals surface area (Å²) >= 11 is 16.2. The summed E-state index contributed by atoms with van der Waals surface area (Å²) in [5.41, 5.74) is 1.15. The summed E-state index contributed by atoms with van der Waals surface area (Å²) in [4.78, 5) is 26.6. The molecule has 1 saturated heterocycles. The Morgan fingerprint density at radius 2 is 1.75 bits per heavy atom. The minimum Gasteiger partial charge on any atom is -0.497 e. The van der Waals surface area contributed by atoms with Crippen LogP contribution in [0.3, 0.4) is 0 Å². The second-order valence-electron chi connectivity index (χ2n) is 7.41. The fourth-order valence-corrected chi connectivity index (χ4v) is 6.03. The van der Waals surface area contributed by atoms with Crippen molar-refractivity contribution in [2.24, 2.45) is 0 Å². The van der Waals surface area contributed by atoms with Gasteiger partial charge in [0.2, 0.25) is 0 Å². The molecule has 4 rings (SSSR count). The summed E-state index contributed by atoms with van der Waals surface area (Å²) in [5.74, 6) is 0.114. The molecule has 1 fully saturated rings. The first kappa shape index (κ1) is 26.6. The van der Waals surface area contributed by atoms with Crippen LogP contribution in [0.4, 0.5) is 4.79 Å². The summed E-state index contributed by atoms with van der Waals surface area (Å²) in [6, 6.07) is 15.2. The smallest absolute Gasteiger partial charge is 0.339 e. The number of halogens is 3. The Kier molecular flexibility index (Phi) is 8.01. The van der Waals surface area contributed by atoms with Crippen LogP contribution in [-0.2, 0) is 21.5 Å². The van der Waals surface area contributed by atoms with Crippen molar-refractivity contribution in [1.82, 2.24) is 4.90 Å². The number of carbonyl (C=O) groups excluding carboxylic acids is 2. The highest BCUT2D eigenvalue weighted by atomic mass is 79.9. The van der Waals surface area contributed by atoms with Crippen molar-refractivity contribution >= 4 is 78.2 Å². The van der Waals surface area contributed by atoms with Gasteiger partial charge in [0, 0.05) is 10.0 Å². The number of methoxy groups -OCH3 is 1. The number of hydrogen-bond acceptors (Lipinski definition) is 7. The van der Waals surface area contributed by atoms with Gasteiger partial charge in [-0.3, -0.25) is 14.5 Å². The largest absolute Gasteiger partial charge is 0.497 e. The lowest BCUT2D eigenvalue weighted by atomic mass is 10.2. The van der Waals surface area contributed by atoms with Crippen LogP contribution in [0.1, 0.15) is 11.1 Å². The van der Waals surface area contributed by atoms with Gasteiger partial charge in [-0.15, -0.1) is 0 Å². The van der Waals surface area contributed by atoms with Gasteiger partial charge in [-0.1, -0.05) is 35.3 Å². The first-order valence-corrected chi connectivity index (χ1v) is 13.9. The molecule has 0 unspecified atom stereocenters. The molecule has 1 aliphatic heterocycles.